The second-order valence-electron chi connectivity index (χ2n) is 3.76. The molecule has 92 valence electrons. The maximum Gasteiger partial charge on any atom is 0.145 e. The van der Waals surface area contributed by atoms with E-state index in [2.05, 4.69) is 20.9 Å². The average molecular weight is 323 g/mol. The van der Waals surface area contributed by atoms with Crippen LogP contribution in [0.1, 0.15) is 11.3 Å². The molecule has 3 nitrogen and oxygen atoms in total. The van der Waals surface area contributed by atoms with Gasteiger partial charge in [0.25, 0.3) is 0 Å². The van der Waals surface area contributed by atoms with Crippen LogP contribution >= 0.6 is 28.1 Å². The third-order valence-corrected chi connectivity index (χ3v) is 3.07. The Morgan fingerprint density at radius 1 is 1.33 bits per heavy atom. The van der Waals surface area contributed by atoms with Crippen molar-refractivity contribution in [2.75, 3.05) is 0 Å². The molecule has 2 aromatic rings. The number of rotatable bonds is 3. The number of thiocarbonyl (C=S) groups is 1. The summed E-state index contributed by atoms with van der Waals surface area (Å²) in [5, 5.41) is 0. The number of aryl methyl sites for hydroxylation is 1. The smallest absolute Gasteiger partial charge is 0.145 e. The number of ether oxygens (including phenoxy) is 1. The van der Waals surface area contributed by atoms with Crippen molar-refractivity contribution < 1.29 is 4.74 Å². The monoisotopic (exact) mass is 322 g/mol. The van der Waals surface area contributed by atoms with Crippen LogP contribution in [0.3, 0.4) is 0 Å². The minimum absolute atomic E-state index is 0.278. The van der Waals surface area contributed by atoms with E-state index < -0.39 is 0 Å². The second kappa shape index (κ2) is 5.46. The summed E-state index contributed by atoms with van der Waals surface area (Å²) in [5.74, 6) is 1.44. The van der Waals surface area contributed by atoms with Gasteiger partial charge >= 0.3 is 0 Å². The van der Waals surface area contributed by atoms with Gasteiger partial charge in [0, 0.05) is 4.47 Å². The van der Waals surface area contributed by atoms with E-state index >= 15 is 0 Å². The highest BCUT2D eigenvalue weighted by atomic mass is 79.9. The van der Waals surface area contributed by atoms with Gasteiger partial charge in [-0.05, 0) is 36.8 Å². The van der Waals surface area contributed by atoms with Crippen LogP contribution in [0.2, 0.25) is 0 Å². The summed E-state index contributed by atoms with van der Waals surface area (Å²) >= 11 is 8.25. The zero-order chi connectivity index (χ0) is 13.1. The van der Waals surface area contributed by atoms with Gasteiger partial charge in [-0.25, -0.2) is 4.98 Å². The Morgan fingerprint density at radius 2 is 2.11 bits per heavy atom. The zero-order valence-electron chi connectivity index (χ0n) is 9.68. The van der Waals surface area contributed by atoms with E-state index in [0.717, 1.165) is 15.8 Å². The first-order valence-corrected chi connectivity index (χ1v) is 6.46. The molecule has 0 bridgehead atoms. The Bertz CT molecular complexity index is 584. The lowest BCUT2D eigenvalue weighted by Crippen LogP contribution is -2.10. The number of nitrogens with two attached hydrogens (primary N) is 1. The number of halogens is 1. The molecular weight excluding hydrogens is 312 g/mol. The minimum Gasteiger partial charge on any atom is -0.455 e. The molecule has 1 aromatic carbocycles. The lowest BCUT2D eigenvalue weighted by molar-refractivity contribution is 0.476. The van der Waals surface area contributed by atoms with E-state index in [4.69, 9.17) is 22.7 Å². The molecule has 5 heteroatoms. The van der Waals surface area contributed by atoms with Crippen molar-refractivity contribution in [3.8, 4) is 11.5 Å². The SMILES string of the molecule is Cc1ccc(Br)cc1Oc1ccc(C(N)=S)nc1. The van der Waals surface area contributed by atoms with Gasteiger partial charge in [0.1, 0.15) is 16.5 Å². The molecule has 2 N–H and O–H groups in total. The largest absolute Gasteiger partial charge is 0.455 e. The van der Waals surface area contributed by atoms with E-state index in [0.29, 0.717) is 11.4 Å². The fraction of sp³-hybridized carbons (Fsp3) is 0.0769. The van der Waals surface area contributed by atoms with E-state index in [-0.39, 0.29) is 4.99 Å². The molecule has 0 aliphatic rings. The van der Waals surface area contributed by atoms with Gasteiger partial charge in [0.05, 0.1) is 11.9 Å². The van der Waals surface area contributed by atoms with Crippen LogP contribution < -0.4 is 10.5 Å². The Morgan fingerprint density at radius 3 is 2.72 bits per heavy atom. The highest BCUT2D eigenvalue weighted by molar-refractivity contribution is 9.10. The predicted octanol–water partition coefficient (Wildman–Crippen LogP) is 3.58. The molecule has 0 saturated carbocycles. The Kier molecular flexibility index (Phi) is 3.93. The van der Waals surface area contributed by atoms with Crippen molar-refractivity contribution in [1.82, 2.24) is 4.98 Å². The van der Waals surface area contributed by atoms with Gasteiger partial charge in [-0.15, -0.1) is 0 Å². The van der Waals surface area contributed by atoms with Gasteiger partial charge in [-0.3, -0.25) is 0 Å². The zero-order valence-corrected chi connectivity index (χ0v) is 12.1. The maximum absolute atomic E-state index is 5.75. The average Bonchev–Trinajstić information content (AvgIpc) is 2.34. The molecule has 0 spiro atoms. The maximum atomic E-state index is 5.75. The molecule has 0 radical (unpaired) electrons. The van der Waals surface area contributed by atoms with Crippen molar-refractivity contribution in [3.63, 3.8) is 0 Å². The molecule has 0 unspecified atom stereocenters. The van der Waals surface area contributed by atoms with Crippen LogP contribution in [0.25, 0.3) is 0 Å². The molecule has 0 aliphatic heterocycles. The van der Waals surface area contributed by atoms with Crippen LogP contribution in [-0.4, -0.2) is 9.97 Å². The summed E-state index contributed by atoms with van der Waals surface area (Å²) in [5.41, 5.74) is 7.12. The van der Waals surface area contributed by atoms with Gasteiger partial charge < -0.3 is 10.5 Å². The summed E-state index contributed by atoms with van der Waals surface area (Å²) in [7, 11) is 0. The van der Waals surface area contributed by atoms with Crippen molar-refractivity contribution in [1.29, 1.82) is 0 Å². The van der Waals surface area contributed by atoms with Crippen LogP contribution in [0.15, 0.2) is 41.0 Å². The van der Waals surface area contributed by atoms with E-state index in [1.807, 2.05) is 25.1 Å². The van der Waals surface area contributed by atoms with Crippen LogP contribution in [0, 0.1) is 6.92 Å². The second-order valence-corrected chi connectivity index (χ2v) is 5.11. The molecule has 0 saturated heterocycles. The third kappa shape index (κ3) is 3.05. The summed E-state index contributed by atoms with van der Waals surface area (Å²) in [6.07, 6.45) is 1.61. The Balaban J connectivity index is 2.23. The van der Waals surface area contributed by atoms with Gasteiger partial charge in [-0.1, -0.05) is 34.2 Å². The molecule has 2 rings (SSSR count). The number of pyridine rings is 1. The first-order valence-electron chi connectivity index (χ1n) is 5.26. The minimum atomic E-state index is 0.278. The summed E-state index contributed by atoms with van der Waals surface area (Å²) in [6.45, 7) is 1.98. The summed E-state index contributed by atoms with van der Waals surface area (Å²) in [6, 6.07) is 9.40. The predicted molar refractivity (Wildman–Crippen MR) is 79.1 cm³/mol. The Labute approximate surface area is 119 Å². The third-order valence-electron chi connectivity index (χ3n) is 2.37. The molecular formula is C13H11BrN2OS. The van der Waals surface area contributed by atoms with E-state index in [1.54, 1.807) is 18.3 Å². The quantitative estimate of drug-likeness (QED) is 0.877. The van der Waals surface area contributed by atoms with E-state index in [1.165, 1.54) is 0 Å². The van der Waals surface area contributed by atoms with Crippen LogP contribution in [0.5, 0.6) is 11.5 Å². The summed E-state index contributed by atoms with van der Waals surface area (Å²) in [4.78, 5) is 4.40. The lowest BCUT2D eigenvalue weighted by Gasteiger charge is -2.09. The number of hydrogen-bond acceptors (Lipinski definition) is 3. The molecule has 0 aliphatic carbocycles. The number of benzene rings is 1. The number of nitrogens with zero attached hydrogens (tertiary/aromatic N) is 1. The highest BCUT2D eigenvalue weighted by Gasteiger charge is 2.04. The Hall–Kier alpha value is -1.46. The number of aromatic nitrogens is 1. The van der Waals surface area contributed by atoms with Crippen molar-refractivity contribution in [2.45, 2.75) is 6.92 Å². The van der Waals surface area contributed by atoms with Crippen LogP contribution in [0.4, 0.5) is 0 Å². The van der Waals surface area contributed by atoms with Gasteiger partial charge in [0.2, 0.25) is 0 Å². The van der Waals surface area contributed by atoms with Crippen molar-refractivity contribution in [3.05, 3.63) is 52.3 Å². The lowest BCUT2D eigenvalue weighted by atomic mass is 10.2. The molecule has 0 fully saturated rings. The van der Waals surface area contributed by atoms with Gasteiger partial charge in [0.15, 0.2) is 0 Å². The fourth-order valence-electron chi connectivity index (χ4n) is 1.40. The van der Waals surface area contributed by atoms with Crippen LogP contribution in [-0.2, 0) is 0 Å². The van der Waals surface area contributed by atoms with Crippen molar-refractivity contribution in [2.24, 2.45) is 5.73 Å². The van der Waals surface area contributed by atoms with Crippen molar-refractivity contribution >= 4 is 33.1 Å². The molecule has 0 atom stereocenters. The summed E-state index contributed by atoms with van der Waals surface area (Å²) < 4.78 is 6.72. The molecule has 0 amide bonds. The van der Waals surface area contributed by atoms with Gasteiger partial charge in [-0.2, -0.15) is 0 Å². The number of hydrogen-bond donors (Lipinski definition) is 1. The fourth-order valence-corrected chi connectivity index (χ4v) is 1.86. The highest BCUT2D eigenvalue weighted by Crippen LogP contribution is 2.27. The topological polar surface area (TPSA) is 48.1 Å². The molecule has 1 heterocycles. The first kappa shape index (κ1) is 13.0. The molecule has 18 heavy (non-hydrogen) atoms. The normalized spacial score (nSPS) is 10.1. The first-order chi connectivity index (χ1) is 8.56. The molecule has 1 aromatic heterocycles. The van der Waals surface area contributed by atoms with E-state index in [9.17, 15) is 0 Å². The standard InChI is InChI=1S/C13H11BrN2OS/c1-8-2-3-9(14)6-12(8)17-10-4-5-11(13(15)18)16-7-10/h2-7H,1H3,(H2,15,18).